The second-order valence-corrected chi connectivity index (χ2v) is 30.6. The minimum Gasteiger partial charge on any atom is -0.439 e. The standard InChI is InChI=1S/C8H26O3Si5/c1-14(2,3)10-16(11-15(4,5)6)8-7-9-12-13-16/h7-8,12-13H2,1-6H3. The van der Waals surface area contributed by atoms with Gasteiger partial charge >= 0.3 is 0 Å². The van der Waals surface area contributed by atoms with E-state index in [9.17, 15) is 0 Å². The molecule has 1 saturated heterocycles. The third-order valence-corrected chi connectivity index (χ3v) is 28.7. The Hall–Kier alpha value is 0.964. The molecule has 8 heteroatoms. The molecular weight excluding hydrogens is 285 g/mol. The fourth-order valence-corrected chi connectivity index (χ4v) is 39.6. The van der Waals surface area contributed by atoms with Crippen LogP contribution in [0.15, 0.2) is 0 Å². The maximum Gasteiger partial charge on any atom is 0.290 e. The van der Waals surface area contributed by atoms with Crippen LogP contribution < -0.4 is 0 Å². The van der Waals surface area contributed by atoms with Crippen molar-refractivity contribution < 1.29 is 12.7 Å². The van der Waals surface area contributed by atoms with Crippen molar-refractivity contribution in [3.63, 3.8) is 0 Å². The highest BCUT2D eigenvalue weighted by Crippen LogP contribution is 2.24. The summed E-state index contributed by atoms with van der Waals surface area (Å²) in [7, 11) is -5.07. The normalized spacial score (nSPS) is 25.1. The fourth-order valence-electron chi connectivity index (χ4n) is 2.02. The largest absolute Gasteiger partial charge is 0.439 e. The molecule has 1 aliphatic rings. The molecule has 0 aliphatic carbocycles. The molecule has 1 aliphatic heterocycles. The van der Waals surface area contributed by atoms with Crippen LogP contribution in [-0.2, 0) is 12.7 Å². The monoisotopic (exact) mass is 310 g/mol. The van der Waals surface area contributed by atoms with Crippen LogP contribution >= 0.6 is 0 Å². The maximum atomic E-state index is 6.55. The quantitative estimate of drug-likeness (QED) is 0.720. The smallest absolute Gasteiger partial charge is 0.290 e. The third-order valence-electron chi connectivity index (χ3n) is 2.24. The summed E-state index contributed by atoms with van der Waals surface area (Å²) in [6, 6.07) is 1.11. The van der Waals surface area contributed by atoms with Gasteiger partial charge in [0, 0.05) is 12.7 Å². The molecule has 16 heavy (non-hydrogen) atoms. The van der Waals surface area contributed by atoms with Crippen molar-refractivity contribution in [3.05, 3.63) is 0 Å². The molecule has 0 aromatic carbocycles. The van der Waals surface area contributed by atoms with E-state index in [1.165, 1.54) is 0 Å². The van der Waals surface area contributed by atoms with Gasteiger partial charge in [0.2, 0.25) is 0 Å². The zero-order chi connectivity index (χ0) is 12.4. The summed E-state index contributed by atoms with van der Waals surface area (Å²) in [5.74, 6) is 0. The summed E-state index contributed by atoms with van der Waals surface area (Å²) in [5.41, 5.74) is 0. The van der Waals surface area contributed by atoms with Gasteiger partial charge in [0.15, 0.2) is 16.6 Å². The highest BCUT2D eigenvalue weighted by Gasteiger charge is 2.45. The molecular formula is C8H26O3Si5. The molecule has 0 bridgehead atoms. The first-order valence-corrected chi connectivity index (χ1v) is 21.8. The molecule has 3 nitrogen and oxygen atoms in total. The van der Waals surface area contributed by atoms with Crippen molar-refractivity contribution in [1.82, 2.24) is 0 Å². The lowest BCUT2D eigenvalue weighted by atomic mass is 10.9. The Bertz CT molecular complexity index is 211. The van der Waals surface area contributed by atoms with Crippen LogP contribution in [0.1, 0.15) is 0 Å². The molecule has 0 amide bonds. The molecule has 1 rings (SSSR count). The van der Waals surface area contributed by atoms with Gasteiger partial charge in [-0.2, -0.15) is 0 Å². The predicted molar refractivity (Wildman–Crippen MR) is 82.5 cm³/mol. The molecule has 0 unspecified atom stereocenters. The van der Waals surface area contributed by atoms with Crippen LogP contribution in [0.25, 0.3) is 0 Å². The van der Waals surface area contributed by atoms with Crippen molar-refractivity contribution in [1.29, 1.82) is 0 Å². The zero-order valence-electron chi connectivity index (χ0n) is 11.6. The van der Waals surface area contributed by atoms with E-state index in [4.69, 9.17) is 12.7 Å². The summed E-state index contributed by atoms with van der Waals surface area (Å²) in [4.78, 5) is 0. The molecule has 0 radical (unpaired) electrons. The van der Waals surface area contributed by atoms with E-state index in [2.05, 4.69) is 39.3 Å². The van der Waals surface area contributed by atoms with Crippen LogP contribution in [0.3, 0.4) is 0 Å². The van der Waals surface area contributed by atoms with E-state index in [0.29, 0.717) is 0 Å². The summed E-state index contributed by atoms with van der Waals surface area (Å²) in [5, 5.41) is 0. The van der Waals surface area contributed by atoms with Crippen LogP contribution in [-0.4, -0.2) is 49.2 Å². The van der Waals surface area contributed by atoms with Gasteiger partial charge in [-0.25, -0.2) is 0 Å². The van der Waals surface area contributed by atoms with E-state index >= 15 is 0 Å². The Kier molecular flexibility index (Phi) is 4.98. The average molecular weight is 311 g/mol. The average Bonchev–Trinajstić information content (AvgIpc) is 1.97. The first kappa shape index (κ1) is 15.0. The van der Waals surface area contributed by atoms with Crippen LogP contribution in [0.4, 0.5) is 0 Å². The Morgan fingerprint density at radius 3 is 1.81 bits per heavy atom. The summed E-state index contributed by atoms with van der Waals surface area (Å²) in [6.07, 6.45) is 0. The fraction of sp³-hybridized carbons (Fsp3) is 1.00. The van der Waals surface area contributed by atoms with Crippen molar-refractivity contribution >= 4 is 42.5 Å². The second-order valence-electron chi connectivity index (χ2n) is 6.45. The molecule has 0 N–H and O–H groups in total. The first-order valence-electron chi connectivity index (χ1n) is 6.10. The molecule has 1 heterocycles. The van der Waals surface area contributed by atoms with E-state index in [1.807, 2.05) is 0 Å². The van der Waals surface area contributed by atoms with Crippen LogP contribution in [0.2, 0.25) is 45.3 Å². The molecule has 96 valence electrons. The van der Waals surface area contributed by atoms with Gasteiger partial charge in [-0.3, -0.25) is 0 Å². The van der Waals surface area contributed by atoms with Crippen molar-refractivity contribution in [2.24, 2.45) is 0 Å². The second kappa shape index (κ2) is 5.30. The highest BCUT2D eigenvalue weighted by atomic mass is 29.6. The zero-order valence-corrected chi connectivity index (χ0v) is 17.4. The van der Waals surface area contributed by atoms with Gasteiger partial charge in [0.1, 0.15) is 9.28 Å². The lowest BCUT2D eigenvalue weighted by molar-refractivity contribution is 0.327. The minimum atomic E-state index is -1.75. The lowest BCUT2D eigenvalue weighted by Gasteiger charge is -2.42. The van der Waals surface area contributed by atoms with Crippen LogP contribution in [0.5, 0.6) is 0 Å². The van der Waals surface area contributed by atoms with Gasteiger partial charge < -0.3 is 12.7 Å². The molecule has 0 aromatic rings. The lowest BCUT2D eigenvalue weighted by Crippen LogP contribution is -2.63. The van der Waals surface area contributed by atoms with E-state index in [1.54, 1.807) is 0 Å². The maximum absolute atomic E-state index is 6.55. The van der Waals surface area contributed by atoms with Crippen molar-refractivity contribution in [2.45, 2.75) is 45.3 Å². The number of rotatable bonds is 4. The van der Waals surface area contributed by atoms with Gasteiger partial charge in [-0.1, -0.05) is 0 Å². The summed E-state index contributed by atoms with van der Waals surface area (Å²) >= 11 is 0. The first-order chi connectivity index (χ1) is 7.12. The molecule has 0 spiro atoms. The third kappa shape index (κ3) is 5.53. The summed E-state index contributed by atoms with van der Waals surface area (Å²) in [6.45, 7) is 14.7. The van der Waals surface area contributed by atoms with Gasteiger partial charge in [-0.05, 0) is 39.3 Å². The topological polar surface area (TPSA) is 27.7 Å². The Balaban J connectivity index is 2.75. The Morgan fingerprint density at radius 2 is 1.50 bits per heavy atom. The SMILES string of the molecule is C[Si](C)(C)O[Si]1(O[Si](C)(C)C)CCO[SiH2][SiH2]1. The number of hydrogen-bond acceptors (Lipinski definition) is 3. The predicted octanol–water partition coefficient (Wildman–Crippen LogP) is 0.826. The van der Waals surface area contributed by atoms with Crippen LogP contribution in [0, 0.1) is 0 Å². The molecule has 0 atom stereocenters. The van der Waals surface area contributed by atoms with Crippen molar-refractivity contribution in [3.8, 4) is 0 Å². The van der Waals surface area contributed by atoms with Gasteiger partial charge in [0.25, 0.3) is 8.08 Å². The van der Waals surface area contributed by atoms with E-state index < -0.39 is 24.7 Å². The van der Waals surface area contributed by atoms with E-state index in [-0.39, 0.29) is 17.8 Å². The molecule has 0 saturated carbocycles. The summed E-state index contributed by atoms with van der Waals surface area (Å²) < 4.78 is 18.8. The Labute approximate surface area is 107 Å². The molecule has 0 aromatic heterocycles. The molecule has 1 fully saturated rings. The van der Waals surface area contributed by atoms with E-state index in [0.717, 1.165) is 12.7 Å². The van der Waals surface area contributed by atoms with Gasteiger partial charge in [-0.15, -0.1) is 0 Å². The minimum absolute atomic E-state index is 0.163. The number of hydrogen-bond donors (Lipinski definition) is 0. The van der Waals surface area contributed by atoms with Gasteiger partial charge in [0.05, 0.1) is 8.55 Å². The van der Waals surface area contributed by atoms with Crippen molar-refractivity contribution in [2.75, 3.05) is 6.61 Å². The Morgan fingerprint density at radius 1 is 1.00 bits per heavy atom. The highest BCUT2D eigenvalue weighted by molar-refractivity contribution is 7.40.